The number of hydrogen-bond donors (Lipinski definition) is 2. The summed E-state index contributed by atoms with van der Waals surface area (Å²) in [5.74, 6) is 0.497. The van der Waals surface area contributed by atoms with Gasteiger partial charge in [-0.25, -0.2) is 4.79 Å². The highest BCUT2D eigenvalue weighted by molar-refractivity contribution is 5.74. The van der Waals surface area contributed by atoms with Crippen LogP contribution in [0, 0.1) is 13.8 Å². The van der Waals surface area contributed by atoms with Crippen LogP contribution in [0.15, 0.2) is 18.2 Å². The van der Waals surface area contributed by atoms with Gasteiger partial charge in [0, 0.05) is 18.5 Å². The molecule has 1 saturated carbocycles. The molecule has 0 spiro atoms. The third-order valence-corrected chi connectivity index (χ3v) is 3.40. The van der Waals surface area contributed by atoms with Crippen LogP contribution in [0.5, 0.6) is 0 Å². The summed E-state index contributed by atoms with van der Waals surface area (Å²) < 4.78 is 0. The SMILES string of the molecule is CCNC(=O)N[C@H]1C[C@@H]1c1ccc(C)c(C)c1. The Kier molecular flexibility index (Phi) is 3.36. The van der Waals surface area contributed by atoms with Crippen LogP contribution < -0.4 is 10.6 Å². The summed E-state index contributed by atoms with van der Waals surface area (Å²) in [4.78, 5) is 11.4. The second kappa shape index (κ2) is 4.78. The lowest BCUT2D eigenvalue weighted by atomic mass is 10.0. The lowest BCUT2D eigenvalue weighted by Crippen LogP contribution is -2.37. The summed E-state index contributed by atoms with van der Waals surface area (Å²) in [6.45, 7) is 6.85. The molecule has 17 heavy (non-hydrogen) atoms. The molecule has 1 aromatic carbocycles. The first kappa shape index (κ1) is 12.0. The fraction of sp³-hybridized carbons (Fsp3) is 0.500. The van der Waals surface area contributed by atoms with Gasteiger partial charge in [0.05, 0.1) is 0 Å². The maximum Gasteiger partial charge on any atom is 0.315 e. The number of rotatable bonds is 3. The maximum absolute atomic E-state index is 11.4. The molecule has 0 aromatic heterocycles. The van der Waals surface area contributed by atoms with E-state index in [0.29, 0.717) is 18.5 Å². The van der Waals surface area contributed by atoms with Gasteiger partial charge in [-0.05, 0) is 43.9 Å². The zero-order chi connectivity index (χ0) is 12.4. The quantitative estimate of drug-likeness (QED) is 0.826. The van der Waals surface area contributed by atoms with Crippen LogP contribution >= 0.6 is 0 Å². The molecule has 1 fully saturated rings. The zero-order valence-electron chi connectivity index (χ0n) is 10.7. The van der Waals surface area contributed by atoms with Crippen molar-refractivity contribution in [3.8, 4) is 0 Å². The van der Waals surface area contributed by atoms with E-state index in [4.69, 9.17) is 0 Å². The van der Waals surface area contributed by atoms with Crippen LogP contribution in [0.2, 0.25) is 0 Å². The van der Waals surface area contributed by atoms with E-state index in [1.165, 1.54) is 16.7 Å². The number of hydrogen-bond acceptors (Lipinski definition) is 1. The summed E-state index contributed by atoms with van der Waals surface area (Å²) in [5.41, 5.74) is 3.99. The molecular formula is C14H20N2O. The summed E-state index contributed by atoms with van der Waals surface area (Å²) in [5, 5.41) is 5.75. The molecule has 2 amide bonds. The fourth-order valence-electron chi connectivity index (χ4n) is 2.10. The van der Waals surface area contributed by atoms with Gasteiger partial charge in [-0.15, -0.1) is 0 Å². The van der Waals surface area contributed by atoms with Crippen molar-refractivity contribution in [3.05, 3.63) is 34.9 Å². The van der Waals surface area contributed by atoms with Crippen LogP contribution in [-0.4, -0.2) is 18.6 Å². The Morgan fingerprint density at radius 3 is 2.76 bits per heavy atom. The molecule has 0 unspecified atom stereocenters. The zero-order valence-corrected chi connectivity index (χ0v) is 10.7. The van der Waals surface area contributed by atoms with Crippen molar-refractivity contribution in [1.82, 2.24) is 10.6 Å². The van der Waals surface area contributed by atoms with E-state index in [2.05, 4.69) is 42.7 Å². The molecule has 0 aliphatic heterocycles. The molecule has 1 aliphatic rings. The molecule has 0 bridgehead atoms. The van der Waals surface area contributed by atoms with E-state index < -0.39 is 0 Å². The van der Waals surface area contributed by atoms with Gasteiger partial charge in [-0.2, -0.15) is 0 Å². The highest BCUT2D eigenvalue weighted by Gasteiger charge is 2.39. The predicted octanol–water partition coefficient (Wildman–Crippen LogP) is 2.48. The van der Waals surface area contributed by atoms with E-state index in [1.807, 2.05) is 6.92 Å². The van der Waals surface area contributed by atoms with Gasteiger partial charge >= 0.3 is 6.03 Å². The largest absolute Gasteiger partial charge is 0.338 e. The van der Waals surface area contributed by atoms with E-state index in [1.54, 1.807) is 0 Å². The Morgan fingerprint density at radius 1 is 1.35 bits per heavy atom. The Labute approximate surface area is 103 Å². The average Bonchev–Trinajstić information content (AvgIpc) is 3.01. The monoisotopic (exact) mass is 232 g/mol. The summed E-state index contributed by atoms with van der Waals surface area (Å²) in [7, 11) is 0. The van der Waals surface area contributed by atoms with Gasteiger partial charge in [0.15, 0.2) is 0 Å². The minimum absolute atomic E-state index is 0.0520. The van der Waals surface area contributed by atoms with E-state index in [9.17, 15) is 4.79 Å². The third kappa shape index (κ3) is 2.78. The Balaban J connectivity index is 1.93. The fourth-order valence-corrected chi connectivity index (χ4v) is 2.10. The highest BCUT2D eigenvalue weighted by atomic mass is 16.2. The van der Waals surface area contributed by atoms with Crippen LogP contribution in [0.4, 0.5) is 4.79 Å². The van der Waals surface area contributed by atoms with Gasteiger partial charge < -0.3 is 10.6 Å². The molecule has 3 nitrogen and oxygen atoms in total. The maximum atomic E-state index is 11.4. The standard InChI is InChI=1S/C14H20N2O/c1-4-15-14(17)16-13-8-12(13)11-6-5-9(2)10(3)7-11/h5-7,12-13H,4,8H2,1-3H3,(H2,15,16,17)/t12-,13+/m1/s1. The summed E-state index contributed by atoms with van der Waals surface area (Å²) in [6, 6.07) is 6.82. The smallest absolute Gasteiger partial charge is 0.315 e. The van der Waals surface area contributed by atoms with Gasteiger partial charge in [0.2, 0.25) is 0 Å². The summed E-state index contributed by atoms with van der Waals surface area (Å²) in [6.07, 6.45) is 1.06. The molecule has 2 rings (SSSR count). The van der Waals surface area contributed by atoms with Crippen LogP contribution in [0.25, 0.3) is 0 Å². The second-order valence-corrected chi connectivity index (χ2v) is 4.80. The molecule has 92 valence electrons. The number of carbonyl (C=O) groups excluding carboxylic acids is 1. The number of urea groups is 1. The van der Waals surface area contributed by atoms with Crippen LogP contribution in [-0.2, 0) is 0 Å². The van der Waals surface area contributed by atoms with Gasteiger partial charge in [-0.1, -0.05) is 18.2 Å². The van der Waals surface area contributed by atoms with E-state index in [-0.39, 0.29) is 6.03 Å². The number of amides is 2. The topological polar surface area (TPSA) is 41.1 Å². The first-order valence-corrected chi connectivity index (χ1v) is 6.23. The van der Waals surface area contributed by atoms with Crippen molar-refractivity contribution in [3.63, 3.8) is 0 Å². The minimum Gasteiger partial charge on any atom is -0.338 e. The van der Waals surface area contributed by atoms with Gasteiger partial charge in [0.25, 0.3) is 0 Å². The molecule has 0 heterocycles. The Hall–Kier alpha value is -1.51. The first-order chi connectivity index (χ1) is 8.11. The van der Waals surface area contributed by atoms with Crippen molar-refractivity contribution in [2.24, 2.45) is 0 Å². The molecule has 2 N–H and O–H groups in total. The van der Waals surface area contributed by atoms with Gasteiger partial charge in [-0.3, -0.25) is 0 Å². The number of carbonyl (C=O) groups is 1. The second-order valence-electron chi connectivity index (χ2n) is 4.80. The molecule has 2 atom stereocenters. The molecule has 1 aliphatic carbocycles. The Morgan fingerprint density at radius 2 is 2.12 bits per heavy atom. The molecular weight excluding hydrogens is 212 g/mol. The van der Waals surface area contributed by atoms with E-state index >= 15 is 0 Å². The molecule has 1 aromatic rings. The van der Waals surface area contributed by atoms with Crippen LogP contribution in [0.1, 0.15) is 36.0 Å². The van der Waals surface area contributed by atoms with E-state index in [0.717, 1.165) is 6.42 Å². The average molecular weight is 232 g/mol. The number of aryl methyl sites for hydroxylation is 2. The molecule has 0 radical (unpaired) electrons. The van der Waals surface area contributed by atoms with Crippen molar-refractivity contribution in [1.29, 1.82) is 0 Å². The van der Waals surface area contributed by atoms with Crippen molar-refractivity contribution in [2.45, 2.75) is 39.2 Å². The summed E-state index contributed by atoms with van der Waals surface area (Å²) >= 11 is 0. The molecule has 0 saturated heterocycles. The minimum atomic E-state index is -0.0520. The van der Waals surface area contributed by atoms with Gasteiger partial charge in [0.1, 0.15) is 0 Å². The number of benzene rings is 1. The lowest BCUT2D eigenvalue weighted by Gasteiger charge is -2.07. The first-order valence-electron chi connectivity index (χ1n) is 6.23. The predicted molar refractivity (Wildman–Crippen MR) is 69.3 cm³/mol. The van der Waals surface area contributed by atoms with Crippen molar-refractivity contribution >= 4 is 6.03 Å². The number of nitrogens with one attached hydrogen (secondary N) is 2. The van der Waals surface area contributed by atoms with Crippen molar-refractivity contribution in [2.75, 3.05) is 6.54 Å². The van der Waals surface area contributed by atoms with Crippen molar-refractivity contribution < 1.29 is 4.79 Å². The van der Waals surface area contributed by atoms with Crippen LogP contribution in [0.3, 0.4) is 0 Å². The Bertz CT molecular complexity index is 428. The highest BCUT2D eigenvalue weighted by Crippen LogP contribution is 2.41. The third-order valence-electron chi connectivity index (χ3n) is 3.40. The molecule has 3 heteroatoms. The normalized spacial score (nSPS) is 22.1. The lowest BCUT2D eigenvalue weighted by molar-refractivity contribution is 0.241.